The van der Waals surface area contributed by atoms with E-state index in [1.165, 1.54) is 19.2 Å². The van der Waals surface area contributed by atoms with Gasteiger partial charge in [-0.05, 0) is 23.8 Å². The first-order valence-electron chi connectivity index (χ1n) is 6.96. The van der Waals surface area contributed by atoms with E-state index in [9.17, 15) is 14.7 Å². The van der Waals surface area contributed by atoms with Crippen LogP contribution >= 0.6 is 0 Å². The Morgan fingerprint density at radius 3 is 2.87 bits per heavy atom. The molecule has 0 saturated heterocycles. The Bertz CT molecular complexity index is 901. The Hall–Kier alpha value is -3.22. The van der Waals surface area contributed by atoms with E-state index in [0.717, 1.165) is 16.5 Å². The number of carboxylic acids is 1. The van der Waals surface area contributed by atoms with E-state index in [-0.39, 0.29) is 11.3 Å². The predicted molar refractivity (Wildman–Crippen MR) is 83.5 cm³/mol. The van der Waals surface area contributed by atoms with E-state index in [0.29, 0.717) is 12.1 Å². The van der Waals surface area contributed by atoms with Gasteiger partial charge in [-0.15, -0.1) is 0 Å². The second-order valence-electron chi connectivity index (χ2n) is 5.04. The topological polar surface area (TPSA) is 108 Å². The number of aromatic carboxylic acids is 1. The lowest BCUT2D eigenvalue weighted by atomic mass is 10.0. The number of pyridine rings is 1. The molecule has 0 atom stereocenters. The molecule has 1 aromatic carbocycles. The number of aromatic nitrogens is 3. The summed E-state index contributed by atoms with van der Waals surface area (Å²) < 4.78 is 0. The molecular formula is C16H14N4O3. The van der Waals surface area contributed by atoms with Crippen molar-refractivity contribution in [1.82, 2.24) is 20.5 Å². The first-order chi connectivity index (χ1) is 11.1. The first kappa shape index (κ1) is 14.7. The molecule has 0 radical (unpaired) electrons. The quantitative estimate of drug-likeness (QED) is 0.678. The summed E-state index contributed by atoms with van der Waals surface area (Å²) in [5, 5.41) is 19.5. The molecule has 0 aliphatic carbocycles. The highest BCUT2D eigenvalue weighted by molar-refractivity contribution is 5.96. The average molecular weight is 310 g/mol. The molecule has 7 heteroatoms. The summed E-state index contributed by atoms with van der Waals surface area (Å²) in [6.45, 7) is 0. The van der Waals surface area contributed by atoms with Gasteiger partial charge < -0.3 is 10.4 Å². The number of carbonyl (C=O) groups excluding carboxylic acids is 1. The minimum Gasteiger partial charge on any atom is -0.478 e. The van der Waals surface area contributed by atoms with Crippen molar-refractivity contribution < 1.29 is 14.7 Å². The maximum atomic E-state index is 11.8. The van der Waals surface area contributed by atoms with Gasteiger partial charge in [0.15, 0.2) is 0 Å². The lowest BCUT2D eigenvalue weighted by molar-refractivity contribution is 0.0696. The maximum absolute atomic E-state index is 11.8. The number of nitrogens with zero attached hydrogens (tertiary/aromatic N) is 2. The zero-order valence-corrected chi connectivity index (χ0v) is 12.3. The fraction of sp³-hybridized carbons (Fsp3) is 0.125. The monoisotopic (exact) mass is 310 g/mol. The summed E-state index contributed by atoms with van der Waals surface area (Å²) >= 11 is 0. The molecular weight excluding hydrogens is 296 g/mol. The molecule has 2 aromatic heterocycles. The van der Waals surface area contributed by atoms with Gasteiger partial charge in [0.2, 0.25) is 0 Å². The van der Waals surface area contributed by atoms with E-state index in [1.54, 1.807) is 6.20 Å². The molecule has 0 unspecified atom stereocenters. The SMILES string of the molecule is CNC(=O)c1cc(C(=O)O)cc(Cc2cccc3[nH]ncc23)n1. The number of carbonyl (C=O) groups is 2. The number of nitrogens with one attached hydrogen (secondary N) is 2. The van der Waals surface area contributed by atoms with E-state index in [2.05, 4.69) is 20.5 Å². The Morgan fingerprint density at radius 2 is 2.13 bits per heavy atom. The molecule has 1 amide bonds. The maximum Gasteiger partial charge on any atom is 0.335 e. The van der Waals surface area contributed by atoms with Crippen LogP contribution in [-0.2, 0) is 6.42 Å². The zero-order valence-electron chi connectivity index (χ0n) is 12.3. The summed E-state index contributed by atoms with van der Waals surface area (Å²) in [6.07, 6.45) is 2.12. The van der Waals surface area contributed by atoms with Crippen molar-refractivity contribution in [2.75, 3.05) is 7.05 Å². The number of hydrogen-bond donors (Lipinski definition) is 3. The number of amides is 1. The van der Waals surface area contributed by atoms with Crippen molar-refractivity contribution in [2.24, 2.45) is 0 Å². The Labute approximate surface area is 131 Å². The van der Waals surface area contributed by atoms with Crippen molar-refractivity contribution in [3.8, 4) is 0 Å². The fourth-order valence-corrected chi connectivity index (χ4v) is 2.42. The van der Waals surface area contributed by atoms with Crippen molar-refractivity contribution in [2.45, 2.75) is 6.42 Å². The van der Waals surface area contributed by atoms with Crippen molar-refractivity contribution in [3.63, 3.8) is 0 Å². The van der Waals surface area contributed by atoms with Gasteiger partial charge in [-0.25, -0.2) is 9.78 Å². The molecule has 0 fully saturated rings. The third-order valence-electron chi connectivity index (χ3n) is 3.53. The lowest BCUT2D eigenvalue weighted by Gasteiger charge is -2.07. The van der Waals surface area contributed by atoms with Crippen LogP contribution in [-0.4, -0.2) is 39.2 Å². The van der Waals surface area contributed by atoms with Crippen LogP contribution in [0.1, 0.15) is 32.1 Å². The first-order valence-corrected chi connectivity index (χ1v) is 6.96. The molecule has 116 valence electrons. The van der Waals surface area contributed by atoms with Gasteiger partial charge in [0, 0.05) is 24.5 Å². The van der Waals surface area contributed by atoms with E-state index in [1.807, 2.05) is 18.2 Å². The van der Waals surface area contributed by atoms with Crippen LogP contribution < -0.4 is 5.32 Å². The molecule has 3 aromatic rings. The van der Waals surface area contributed by atoms with Gasteiger partial charge in [0.1, 0.15) is 5.69 Å². The molecule has 0 spiro atoms. The van der Waals surface area contributed by atoms with Crippen LogP contribution in [0.5, 0.6) is 0 Å². The summed E-state index contributed by atoms with van der Waals surface area (Å²) in [6, 6.07) is 8.46. The van der Waals surface area contributed by atoms with Gasteiger partial charge in [0.05, 0.1) is 17.3 Å². The van der Waals surface area contributed by atoms with Crippen LogP contribution in [0.3, 0.4) is 0 Å². The third kappa shape index (κ3) is 2.89. The highest BCUT2D eigenvalue weighted by Crippen LogP contribution is 2.19. The van der Waals surface area contributed by atoms with Gasteiger partial charge in [-0.1, -0.05) is 12.1 Å². The number of aromatic amines is 1. The highest BCUT2D eigenvalue weighted by Gasteiger charge is 2.14. The molecule has 0 saturated carbocycles. The molecule has 0 aliphatic heterocycles. The third-order valence-corrected chi connectivity index (χ3v) is 3.53. The number of benzene rings is 1. The lowest BCUT2D eigenvalue weighted by Crippen LogP contribution is -2.20. The second-order valence-corrected chi connectivity index (χ2v) is 5.04. The van der Waals surface area contributed by atoms with Gasteiger partial charge in [-0.2, -0.15) is 5.10 Å². The second kappa shape index (κ2) is 5.88. The summed E-state index contributed by atoms with van der Waals surface area (Å²) in [7, 11) is 1.48. The molecule has 7 nitrogen and oxygen atoms in total. The highest BCUT2D eigenvalue weighted by atomic mass is 16.4. The van der Waals surface area contributed by atoms with Crippen LogP contribution in [0, 0.1) is 0 Å². The number of carboxylic acid groups (broad SMARTS) is 1. The fourth-order valence-electron chi connectivity index (χ4n) is 2.42. The summed E-state index contributed by atoms with van der Waals surface area (Å²) in [5.74, 6) is -1.52. The standard InChI is InChI=1S/C16H14N4O3/c1-17-15(21)14-7-10(16(22)23)6-11(19-14)5-9-3-2-4-13-12(9)8-18-20-13/h2-4,6-8H,5H2,1H3,(H,17,21)(H,18,20)(H,22,23). The van der Waals surface area contributed by atoms with Crippen LogP contribution in [0.25, 0.3) is 10.9 Å². The van der Waals surface area contributed by atoms with Crippen LogP contribution in [0.15, 0.2) is 36.5 Å². The van der Waals surface area contributed by atoms with Gasteiger partial charge in [0.25, 0.3) is 5.91 Å². The molecule has 0 aliphatic rings. The number of H-pyrrole nitrogens is 1. The molecule has 0 bridgehead atoms. The predicted octanol–water partition coefficient (Wildman–Crippen LogP) is 1.61. The van der Waals surface area contributed by atoms with Crippen LogP contribution in [0.4, 0.5) is 0 Å². The van der Waals surface area contributed by atoms with E-state index >= 15 is 0 Å². The Morgan fingerprint density at radius 1 is 1.30 bits per heavy atom. The van der Waals surface area contributed by atoms with E-state index in [4.69, 9.17) is 0 Å². The van der Waals surface area contributed by atoms with Crippen molar-refractivity contribution >= 4 is 22.8 Å². The van der Waals surface area contributed by atoms with Gasteiger partial charge in [-0.3, -0.25) is 9.89 Å². The molecule has 3 N–H and O–H groups in total. The normalized spacial score (nSPS) is 10.7. The zero-order chi connectivity index (χ0) is 16.4. The molecule has 2 heterocycles. The average Bonchev–Trinajstić information content (AvgIpc) is 3.03. The Kier molecular flexibility index (Phi) is 3.76. The van der Waals surface area contributed by atoms with E-state index < -0.39 is 11.9 Å². The summed E-state index contributed by atoms with van der Waals surface area (Å²) in [5.41, 5.74) is 2.48. The minimum atomic E-state index is -1.10. The molecule has 3 rings (SSSR count). The van der Waals surface area contributed by atoms with Crippen molar-refractivity contribution in [3.05, 3.63) is 59.0 Å². The summed E-state index contributed by atoms with van der Waals surface area (Å²) in [4.78, 5) is 27.3. The minimum absolute atomic E-state index is 0.0352. The smallest absolute Gasteiger partial charge is 0.335 e. The number of hydrogen-bond acceptors (Lipinski definition) is 4. The van der Waals surface area contributed by atoms with Crippen LogP contribution in [0.2, 0.25) is 0 Å². The Balaban J connectivity index is 2.05. The number of rotatable bonds is 4. The van der Waals surface area contributed by atoms with Gasteiger partial charge >= 0.3 is 5.97 Å². The van der Waals surface area contributed by atoms with Crippen molar-refractivity contribution in [1.29, 1.82) is 0 Å². The largest absolute Gasteiger partial charge is 0.478 e. The molecule has 23 heavy (non-hydrogen) atoms. The number of fused-ring (bicyclic) bond motifs is 1.